The van der Waals surface area contributed by atoms with Crippen LogP contribution in [-0.4, -0.2) is 13.1 Å². The molecule has 28 heavy (non-hydrogen) atoms. The van der Waals surface area contributed by atoms with E-state index < -0.39 is 0 Å². The molecule has 0 fully saturated rings. The summed E-state index contributed by atoms with van der Waals surface area (Å²) < 4.78 is 0. The molecule has 0 saturated carbocycles. The van der Waals surface area contributed by atoms with Crippen LogP contribution in [-0.2, 0) is 0 Å². The van der Waals surface area contributed by atoms with Gasteiger partial charge in [-0.1, -0.05) is 123 Å². The molecule has 0 aliphatic rings. The quantitative estimate of drug-likeness (QED) is 0.301. The van der Waals surface area contributed by atoms with Crippen molar-refractivity contribution < 1.29 is 0 Å². The lowest BCUT2D eigenvalue weighted by Crippen LogP contribution is -2.22. The highest BCUT2D eigenvalue weighted by Gasteiger charge is 2.00. The van der Waals surface area contributed by atoms with Crippen LogP contribution in [0.25, 0.3) is 0 Å². The number of nitrogens with one attached hydrogen (secondary N) is 1. The Morgan fingerprint density at radius 2 is 1.25 bits per heavy atom. The van der Waals surface area contributed by atoms with E-state index in [-0.39, 0.29) is 0 Å². The Kier molecular flexibility index (Phi) is 50.0. The minimum absolute atomic E-state index is 0.895. The molecule has 0 spiro atoms. The van der Waals surface area contributed by atoms with Gasteiger partial charge in [-0.25, -0.2) is 0 Å². The van der Waals surface area contributed by atoms with Crippen LogP contribution in [0.3, 0.4) is 0 Å². The van der Waals surface area contributed by atoms with Gasteiger partial charge in [-0.3, -0.25) is 0 Å². The minimum atomic E-state index is 0.895. The van der Waals surface area contributed by atoms with Gasteiger partial charge in [0.25, 0.3) is 0 Å². The first-order valence-corrected chi connectivity index (χ1v) is 12.0. The molecule has 172 valence electrons. The smallest absolute Gasteiger partial charge is 0.00207 e. The summed E-state index contributed by atoms with van der Waals surface area (Å²) in [4.78, 5) is 0. The first kappa shape index (κ1) is 37.9. The molecule has 0 bridgehead atoms. The van der Waals surface area contributed by atoms with Gasteiger partial charge in [-0.05, 0) is 53.1 Å². The maximum Gasteiger partial charge on any atom is -0.00207 e. The average Bonchev–Trinajstić information content (AvgIpc) is 2.70. The average molecular weight is 398 g/mol. The largest absolute Gasteiger partial charge is 0.316 e. The van der Waals surface area contributed by atoms with E-state index in [1.54, 1.807) is 0 Å². The summed E-state index contributed by atoms with van der Waals surface area (Å²) in [6, 6.07) is 0. The molecular weight excluding hydrogens is 338 g/mol. The number of allylic oxidation sites excluding steroid dienone is 5. The van der Waals surface area contributed by atoms with Crippen molar-refractivity contribution in [3.8, 4) is 0 Å². The first-order valence-electron chi connectivity index (χ1n) is 12.0. The van der Waals surface area contributed by atoms with E-state index >= 15 is 0 Å². The topological polar surface area (TPSA) is 12.0 Å². The molecule has 0 radical (unpaired) electrons. The van der Waals surface area contributed by atoms with Gasteiger partial charge in [0.15, 0.2) is 0 Å². The van der Waals surface area contributed by atoms with Crippen molar-refractivity contribution in [1.29, 1.82) is 0 Å². The van der Waals surface area contributed by atoms with E-state index in [4.69, 9.17) is 0 Å². The molecule has 1 heteroatoms. The number of unbranched alkanes of at least 4 members (excludes halogenated alkanes) is 1. The molecule has 0 aromatic heterocycles. The van der Waals surface area contributed by atoms with E-state index in [1.807, 2.05) is 40.7 Å². The number of rotatable bonds is 9. The van der Waals surface area contributed by atoms with Crippen molar-refractivity contribution in [2.24, 2.45) is 5.92 Å². The van der Waals surface area contributed by atoms with Crippen LogP contribution in [0.2, 0.25) is 0 Å². The Morgan fingerprint density at radius 3 is 1.54 bits per heavy atom. The number of hydrogen-bond acceptors (Lipinski definition) is 1. The highest BCUT2D eigenvalue weighted by atomic mass is 14.8. The highest BCUT2D eigenvalue weighted by molar-refractivity contribution is 5.26. The summed E-state index contributed by atoms with van der Waals surface area (Å²) in [5.41, 5.74) is 3.78. The number of hydrogen-bond donors (Lipinski definition) is 1. The molecule has 0 aromatic rings. The second kappa shape index (κ2) is 37.0. The van der Waals surface area contributed by atoms with Gasteiger partial charge in [0, 0.05) is 0 Å². The maximum absolute atomic E-state index is 3.78. The lowest BCUT2D eigenvalue weighted by molar-refractivity contribution is 0.447. The van der Waals surface area contributed by atoms with Crippen LogP contribution < -0.4 is 5.32 Å². The minimum Gasteiger partial charge on any atom is -0.316 e. The normalized spacial score (nSPS) is 8.93. The first-order chi connectivity index (χ1) is 13.3. The van der Waals surface area contributed by atoms with Crippen molar-refractivity contribution >= 4 is 0 Å². The lowest BCUT2D eigenvalue weighted by Gasteiger charge is -2.12. The van der Waals surface area contributed by atoms with Gasteiger partial charge in [-0.15, -0.1) is 0 Å². The summed E-state index contributed by atoms with van der Waals surface area (Å²) in [6.45, 7) is 33.5. The van der Waals surface area contributed by atoms with Gasteiger partial charge >= 0.3 is 0 Å². The molecule has 0 aliphatic carbocycles. The fourth-order valence-electron chi connectivity index (χ4n) is 1.62. The van der Waals surface area contributed by atoms with Crippen LogP contribution in [0.4, 0.5) is 0 Å². The molecule has 0 aliphatic heterocycles. The highest BCUT2D eigenvalue weighted by Crippen LogP contribution is 2.05. The Labute approximate surface area is 182 Å². The van der Waals surface area contributed by atoms with Crippen LogP contribution in [0.15, 0.2) is 35.5 Å². The molecule has 0 saturated heterocycles. The van der Waals surface area contributed by atoms with Crippen LogP contribution in [0.5, 0.6) is 0 Å². The van der Waals surface area contributed by atoms with Crippen LogP contribution in [0, 0.1) is 5.92 Å². The van der Waals surface area contributed by atoms with E-state index in [0.717, 1.165) is 11.5 Å². The van der Waals surface area contributed by atoms with Crippen molar-refractivity contribution in [1.82, 2.24) is 5.32 Å². The zero-order valence-corrected chi connectivity index (χ0v) is 22.4. The maximum atomic E-state index is 3.78. The zero-order chi connectivity index (χ0) is 23.4. The van der Waals surface area contributed by atoms with Crippen molar-refractivity contribution in [3.05, 3.63) is 35.5 Å². The van der Waals surface area contributed by atoms with E-state index in [0.29, 0.717) is 0 Å². The Bertz CT molecular complexity index is 315. The van der Waals surface area contributed by atoms with Crippen LogP contribution in [0.1, 0.15) is 122 Å². The molecule has 0 aromatic carbocycles. The van der Waals surface area contributed by atoms with Gasteiger partial charge in [0.1, 0.15) is 0 Å². The summed E-state index contributed by atoms with van der Waals surface area (Å²) >= 11 is 0. The van der Waals surface area contributed by atoms with E-state index in [2.05, 4.69) is 73.4 Å². The summed E-state index contributed by atoms with van der Waals surface area (Å²) in [5.74, 6) is 0.895. The second-order valence-corrected chi connectivity index (χ2v) is 6.81. The molecule has 0 unspecified atom stereocenters. The van der Waals surface area contributed by atoms with Gasteiger partial charge < -0.3 is 5.32 Å². The molecule has 1 nitrogen and oxygen atoms in total. The predicted molar refractivity (Wildman–Crippen MR) is 139 cm³/mol. The Hall–Kier alpha value is -0.820. The fourth-order valence-corrected chi connectivity index (χ4v) is 1.62. The third-order valence-corrected chi connectivity index (χ3v) is 3.70. The van der Waals surface area contributed by atoms with E-state index in [1.165, 1.54) is 56.3 Å². The molecule has 0 amide bonds. The van der Waals surface area contributed by atoms with E-state index in [9.17, 15) is 0 Å². The fraction of sp³-hybridized carbons (Fsp3) is 0.778. The monoisotopic (exact) mass is 397 g/mol. The van der Waals surface area contributed by atoms with Crippen molar-refractivity contribution in [3.63, 3.8) is 0 Å². The molecular formula is C27H59N. The zero-order valence-electron chi connectivity index (χ0n) is 22.4. The third-order valence-electron chi connectivity index (χ3n) is 3.70. The standard InChI is InChI=1S/C10H23N.C10H16.C3H8.2C2H6/c1-4-7-8-11-9-10(5-2)6-3;1-8(2)6-7-10(5)9(3)4;1-3-2;2*1-2/h10-11H,4-9H2,1-3H3;6-7H,1H2,2-5H3;3H2,1-2H3;2*1-2H3/b;7-6-;;;. The Morgan fingerprint density at radius 1 is 0.821 bits per heavy atom. The van der Waals surface area contributed by atoms with Gasteiger partial charge in [-0.2, -0.15) is 0 Å². The summed E-state index contributed by atoms with van der Waals surface area (Å²) in [7, 11) is 0. The molecule has 0 atom stereocenters. The molecule has 1 N–H and O–H groups in total. The summed E-state index contributed by atoms with van der Waals surface area (Å²) in [6.07, 6.45) is 10.6. The van der Waals surface area contributed by atoms with Crippen molar-refractivity contribution in [2.45, 2.75) is 122 Å². The second-order valence-electron chi connectivity index (χ2n) is 6.81. The summed E-state index contributed by atoms with van der Waals surface area (Å²) in [5, 5.41) is 3.49. The Balaban J connectivity index is -0.0000000955. The van der Waals surface area contributed by atoms with Crippen molar-refractivity contribution in [2.75, 3.05) is 13.1 Å². The lowest BCUT2D eigenvalue weighted by atomic mass is 10.0. The van der Waals surface area contributed by atoms with Crippen LogP contribution >= 0.6 is 0 Å². The third kappa shape index (κ3) is 44.5. The van der Waals surface area contributed by atoms with Gasteiger partial charge in [0.05, 0.1) is 0 Å². The predicted octanol–water partition coefficient (Wildman–Crippen LogP) is 9.76. The molecule has 0 rings (SSSR count). The SMILES string of the molecule is C=C(C)/C=C\C(C)=C(C)C.CC.CC.CCC.CCCCNCC(CC)CC. The molecule has 0 heterocycles. The van der Waals surface area contributed by atoms with Gasteiger partial charge in [0.2, 0.25) is 0 Å².